The van der Waals surface area contributed by atoms with Crippen molar-refractivity contribution in [3.63, 3.8) is 0 Å². The Labute approximate surface area is 101 Å². The number of nitrogen functional groups attached to an aromatic ring is 1. The Bertz CT molecular complexity index is 581. The number of hydrogen-bond donors (Lipinski definition) is 2. The van der Waals surface area contributed by atoms with E-state index in [9.17, 15) is 13.6 Å². The van der Waals surface area contributed by atoms with Gasteiger partial charge in [-0.1, -0.05) is 6.07 Å². The number of hydrogen-bond acceptors (Lipinski definition) is 3. The summed E-state index contributed by atoms with van der Waals surface area (Å²) in [5, 5.41) is 2.12. The van der Waals surface area contributed by atoms with E-state index in [0.29, 0.717) is 5.69 Å². The van der Waals surface area contributed by atoms with Gasteiger partial charge < -0.3 is 11.1 Å². The number of pyridine rings is 1. The van der Waals surface area contributed by atoms with E-state index in [2.05, 4.69) is 10.3 Å². The summed E-state index contributed by atoms with van der Waals surface area (Å²) in [7, 11) is 0. The minimum atomic E-state index is -0.854. The maximum Gasteiger partial charge on any atom is 0.274 e. The van der Waals surface area contributed by atoms with Gasteiger partial charge in [-0.3, -0.25) is 9.78 Å². The number of carbonyl (C=O) groups excluding carboxylic acids is 1. The normalized spacial score (nSPS) is 10.1. The molecule has 1 aromatic carbocycles. The third kappa shape index (κ3) is 2.42. The van der Waals surface area contributed by atoms with Crippen molar-refractivity contribution < 1.29 is 13.6 Å². The number of halogens is 2. The molecule has 1 aromatic heterocycles. The van der Waals surface area contributed by atoms with Crippen LogP contribution in [0.2, 0.25) is 0 Å². The van der Waals surface area contributed by atoms with Gasteiger partial charge in [-0.2, -0.15) is 0 Å². The summed E-state index contributed by atoms with van der Waals surface area (Å²) in [5.41, 5.74) is 5.29. The first-order valence-electron chi connectivity index (χ1n) is 5.05. The summed E-state index contributed by atoms with van der Waals surface area (Å²) < 4.78 is 26.6. The van der Waals surface area contributed by atoms with Crippen LogP contribution in [0.15, 0.2) is 36.5 Å². The average Bonchev–Trinajstić information content (AvgIpc) is 2.34. The minimum absolute atomic E-state index is 0.0161. The van der Waals surface area contributed by atoms with Crippen molar-refractivity contribution in [2.45, 2.75) is 0 Å². The van der Waals surface area contributed by atoms with Crippen molar-refractivity contribution in [3.8, 4) is 0 Å². The summed E-state index contributed by atoms with van der Waals surface area (Å²) in [6.45, 7) is 0. The maximum absolute atomic E-state index is 13.3. The van der Waals surface area contributed by atoms with Crippen LogP contribution in [0.4, 0.5) is 20.2 Å². The number of para-hydroxylation sites is 1. The first-order valence-corrected chi connectivity index (χ1v) is 5.05. The molecule has 0 fully saturated rings. The van der Waals surface area contributed by atoms with Gasteiger partial charge in [0.15, 0.2) is 0 Å². The molecule has 2 rings (SSSR count). The SMILES string of the molecule is Nc1ccnc(C(=O)Nc2c(F)cccc2F)c1. The zero-order valence-electron chi connectivity index (χ0n) is 9.15. The molecule has 18 heavy (non-hydrogen) atoms. The Morgan fingerprint density at radius 2 is 1.89 bits per heavy atom. The van der Waals surface area contributed by atoms with Crippen LogP contribution in [0.25, 0.3) is 0 Å². The smallest absolute Gasteiger partial charge is 0.274 e. The van der Waals surface area contributed by atoms with Crippen molar-refractivity contribution in [1.29, 1.82) is 0 Å². The fourth-order valence-electron chi connectivity index (χ4n) is 1.37. The van der Waals surface area contributed by atoms with Gasteiger partial charge in [0.25, 0.3) is 5.91 Å². The molecule has 2 aromatic rings. The Kier molecular flexibility index (Phi) is 3.18. The lowest BCUT2D eigenvalue weighted by Gasteiger charge is -2.07. The number of nitrogens with zero attached hydrogens (tertiary/aromatic N) is 1. The fourth-order valence-corrected chi connectivity index (χ4v) is 1.37. The quantitative estimate of drug-likeness (QED) is 0.857. The van der Waals surface area contributed by atoms with E-state index in [1.165, 1.54) is 24.4 Å². The van der Waals surface area contributed by atoms with E-state index in [1.807, 2.05) is 0 Å². The van der Waals surface area contributed by atoms with E-state index in [-0.39, 0.29) is 5.69 Å². The van der Waals surface area contributed by atoms with Crippen molar-refractivity contribution in [1.82, 2.24) is 4.98 Å². The van der Waals surface area contributed by atoms with Crippen LogP contribution in [0, 0.1) is 11.6 Å². The van der Waals surface area contributed by atoms with Crippen LogP contribution in [-0.2, 0) is 0 Å². The van der Waals surface area contributed by atoms with Gasteiger partial charge in [-0.15, -0.1) is 0 Å². The molecule has 1 heterocycles. The van der Waals surface area contributed by atoms with Crippen LogP contribution in [0.1, 0.15) is 10.5 Å². The molecule has 4 nitrogen and oxygen atoms in total. The third-order valence-electron chi connectivity index (χ3n) is 2.22. The van der Waals surface area contributed by atoms with Crippen molar-refractivity contribution >= 4 is 17.3 Å². The molecular weight excluding hydrogens is 240 g/mol. The number of aromatic nitrogens is 1. The zero-order chi connectivity index (χ0) is 13.1. The predicted octanol–water partition coefficient (Wildman–Crippen LogP) is 2.19. The average molecular weight is 249 g/mol. The Morgan fingerprint density at radius 3 is 2.50 bits per heavy atom. The molecule has 0 saturated heterocycles. The molecule has 92 valence electrons. The van der Waals surface area contributed by atoms with Gasteiger partial charge in [0, 0.05) is 11.9 Å². The third-order valence-corrected chi connectivity index (χ3v) is 2.22. The summed E-state index contributed by atoms with van der Waals surface area (Å²) >= 11 is 0. The van der Waals surface area contributed by atoms with E-state index in [0.717, 1.165) is 12.1 Å². The van der Waals surface area contributed by atoms with E-state index >= 15 is 0 Å². The highest BCUT2D eigenvalue weighted by Crippen LogP contribution is 2.18. The lowest BCUT2D eigenvalue weighted by atomic mass is 10.2. The largest absolute Gasteiger partial charge is 0.399 e. The second kappa shape index (κ2) is 4.79. The topological polar surface area (TPSA) is 68.0 Å². The number of nitrogens with two attached hydrogens (primary N) is 1. The first-order chi connectivity index (χ1) is 8.58. The second-order valence-electron chi connectivity index (χ2n) is 3.53. The number of rotatable bonds is 2. The number of anilines is 2. The first kappa shape index (κ1) is 12.0. The van der Waals surface area contributed by atoms with Gasteiger partial charge in [0.1, 0.15) is 23.0 Å². The van der Waals surface area contributed by atoms with Crippen molar-refractivity contribution in [2.75, 3.05) is 11.1 Å². The molecule has 0 bridgehead atoms. The molecule has 0 spiro atoms. The zero-order valence-corrected chi connectivity index (χ0v) is 9.15. The van der Waals surface area contributed by atoms with E-state index in [1.54, 1.807) is 0 Å². The molecule has 0 aliphatic rings. The molecule has 1 amide bonds. The number of benzene rings is 1. The molecule has 3 N–H and O–H groups in total. The highest BCUT2D eigenvalue weighted by molar-refractivity contribution is 6.03. The molecular formula is C12H9F2N3O. The fraction of sp³-hybridized carbons (Fsp3) is 0. The molecule has 0 aliphatic heterocycles. The van der Waals surface area contributed by atoms with Gasteiger partial charge in [-0.25, -0.2) is 8.78 Å². The highest BCUT2D eigenvalue weighted by Gasteiger charge is 2.14. The Morgan fingerprint density at radius 1 is 1.22 bits per heavy atom. The lowest BCUT2D eigenvalue weighted by Crippen LogP contribution is -2.16. The Balaban J connectivity index is 2.27. The highest BCUT2D eigenvalue weighted by atomic mass is 19.1. The van der Waals surface area contributed by atoms with Gasteiger partial charge in [0.2, 0.25) is 0 Å². The predicted molar refractivity (Wildman–Crippen MR) is 63.0 cm³/mol. The van der Waals surface area contributed by atoms with Gasteiger partial charge in [0.05, 0.1) is 0 Å². The second-order valence-corrected chi connectivity index (χ2v) is 3.53. The lowest BCUT2D eigenvalue weighted by molar-refractivity contribution is 0.102. The molecule has 0 unspecified atom stereocenters. The summed E-state index contributed by atoms with van der Waals surface area (Å²) in [6, 6.07) is 6.12. The van der Waals surface area contributed by atoms with E-state index in [4.69, 9.17) is 5.73 Å². The van der Waals surface area contributed by atoms with Crippen molar-refractivity contribution in [3.05, 3.63) is 53.9 Å². The van der Waals surface area contributed by atoms with Crippen LogP contribution in [0.5, 0.6) is 0 Å². The van der Waals surface area contributed by atoms with Crippen molar-refractivity contribution in [2.24, 2.45) is 0 Å². The molecule has 0 saturated carbocycles. The monoisotopic (exact) mass is 249 g/mol. The molecule has 0 radical (unpaired) electrons. The van der Waals surface area contributed by atoms with E-state index < -0.39 is 23.2 Å². The van der Waals surface area contributed by atoms with Crippen LogP contribution in [-0.4, -0.2) is 10.9 Å². The maximum atomic E-state index is 13.3. The molecule has 0 aliphatic carbocycles. The van der Waals surface area contributed by atoms with Crippen LogP contribution in [0.3, 0.4) is 0 Å². The van der Waals surface area contributed by atoms with Crippen LogP contribution >= 0.6 is 0 Å². The molecule has 0 atom stereocenters. The molecule has 6 heteroatoms. The summed E-state index contributed by atoms with van der Waals surface area (Å²) in [6.07, 6.45) is 1.34. The number of carbonyl (C=O) groups is 1. The van der Waals surface area contributed by atoms with Crippen LogP contribution < -0.4 is 11.1 Å². The minimum Gasteiger partial charge on any atom is -0.399 e. The Hall–Kier alpha value is -2.50. The number of nitrogens with one attached hydrogen (secondary N) is 1. The number of amides is 1. The summed E-state index contributed by atoms with van der Waals surface area (Å²) in [5.74, 6) is -2.44. The standard InChI is InChI=1S/C12H9F2N3O/c13-8-2-1-3-9(14)11(8)17-12(18)10-6-7(15)4-5-16-10/h1-6H,(H2,15,16)(H,17,18). The van der Waals surface area contributed by atoms with Gasteiger partial charge >= 0.3 is 0 Å². The van der Waals surface area contributed by atoms with Gasteiger partial charge in [-0.05, 0) is 24.3 Å². The summed E-state index contributed by atoms with van der Waals surface area (Å²) in [4.78, 5) is 15.5.